The molecule has 19 heteroatoms. The Morgan fingerprint density at radius 3 is 1.45 bits per heavy atom. The van der Waals surface area contributed by atoms with Crippen LogP contribution in [0.1, 0.15) is 117 Å². The van der Waals surface area contributed by atoms with E-state index in [1.165, 1.54) is 7.11 Å². The summed E-state index contributed by atoms with van der Waals surface area (Å²) in [4.78, 5) is 75.1. The average molecular weight is 910 g/mol. The normalized spacial score (nSPS) is 15.2. The lowest BCUT2D eigenvalue weighted by Gasteiger charge is -2.30. The minimum atomic E-state index is -0.961. The number of benzene rings is 2. The van der Waals surface area contributed by atoms with Crippen molar-refractivity contribution in [1.29, 1.82) is 0 Å². The molecule has 65 heavy (non-hydrogen) atoms. The molecule has 2 aromatic rings. The van der Waals surface area contributed by atoms with Crippen molar-refractivity contribution in [2.24, 2.45) is 9.98 Å². The second kappa shape index (κ2) is 20.5. The van der Waals surface area contributed by atoms with Crippen molar-refractivity contribution in [3.8, 4) is 5.75 Å². The highest BCUT2D eigenvalue weighted by molar-refractivity contribution is 6.05. The van der Waals surface area contributed by atoms with Crippen LogP contribution in [-0.2, 0) is 18.9 Å². The fraction of sp³-hybridized carbons (Fsp3) is 0.500. The molecule has 3 N–H and O–H groups in total. The summed E-state index contributed by atoms with van der Waals surface area (Å²) in [6, 6.07) is 6.65. The molecule has 2 heterocycles. The molecular formula is C46H61F2N7O10. The van der Waals surface area contributed by atoms with Gasteiger partial charge in [0, 0.05) is 49.1 Å². The monoisotopic (exact) mass is 909 g/mol. The number of anilines is 1. The number of ether oxygens (including phenoxy) is 5. The number of guanidine groups is 2. The molecule has 0 unspecified atom stereocenters. The van der Waals surface area contributed by atoms with Gasteiger partial charge in [0.2, 0.25) is 11.9 Å². The Kier molecular flexibility index (Phi) is 16.1. The van der Waals surface area contributed by atoms with Crippen LogP contribution in [0.5, 0.6) is 5.75 Å². The van der Waals surface area contributed by atoms with E-state index in [9.17, 15) is 24.0 Å². The third-order valence-corrected chi connectivity index (χ3v) is 8.88. The number of carbonyl (C=O) groups excluding carboxylic acids is 5. The summed E-state index contributed by atoms with van der Waals surface area (Å²) in [5.41, 5.74) is -1.64. The summed E-state index contributed by atoms with van der Waals surface area (Å²) in [5.74, 6) is -2.49. The van der Waals surface area contributed by atoms with Gasteiger partial charge in [0.05, 0.1) is 12.7 Å². The van der Waals surface area contributed by atoms with E-state index < -0.39 is 69.9 Å². The van der Waals surface area contributed by atoms with Crippen LogP contribution in [0.15, 0.2) is 52.5 Å². The number of rotatable bonds is 5. The van der Waals surface area contributed by atoms with Gasteiger partial charge in [-0.3, -0.25) is 15.4 Å². The molecule has 0 saturated carbocycles. The predicted molar refractivity (Wildman–Crippen MR) is 242 cm³/mol. The van der Waals surface area contributed by atoms with Crippen LogP contribution in [0.2, 0.25) is 0 Å². The molecule has 17 nitrogen and oxygen atoms in total. The molecule has 0 aromatic heterocycles. The number of halogens is 2. The summed E-state index contributed by atoms with van der Waals surface area (Å²) < 4.78 is 58.3. The van der Waals surface area contributed by atoms with Gasteiger partial charge in [-0.1, -0.05) is 12.2 Å². The first-order valence-corrected chi connectivity index (χ1v) is 21.0. The number of hydrogen-bond acceptors (Lipinski definition) is 10. The zero-order chi connectivity index (χ0) is 48.7. The molecule has 0 radical (unpaired) electrons. The Morgan fingerprint density at radius 1 is 0.600 bits per heavy atom. The zero-order valence-electron chi connectivity index (χ0n) is 39.4. The molecule has 354 valence electrons. The molecule has 5 amide bonds. The van der Waals surface area contributed by atoms with Crippen molar-refractivity contribution in [2.75, 3.05) is 38.6 Å². The number of nitrogens with zero attached hydrogens (tertiary/aromatic N) is 4. The molecule has 0 saturated heterocycles. The first-order valence-electron chi connectivity index (χ1n) is 21.0. The molecule has 0 aliphatic carbocycles. The number of aliphatic imine (C=N–C) groups is 2. The first kappa shape index (κ1) is 51.1. The maximum absolute atomic E-state index is 15.7. The molecule has 2 aromatic carbocycles. The molecule has 0 fully saturated rings. The largest absolute Gasteiger partial charge is 0.496 e. The van der Waals surface area contributed by atoms with Gasteiger partial charge in [0.1, 0.15) is 39.8 Å². The van der Waals surface area contributed by atoms with E-state index in [0.29, 0.717) is 29.9 Å². The second-order valence-corrected chi connectivity index (χ2v) is 19.1. The maximum Gasteiger partial charge on any atom is 0.437 e. The minimum absolute atomic E-state index is 0.0435. The number of hydrogen-bond donors (Lipinski definition) is 3. The quantitative estimate of drug-likeness (QED) is 0.146. The van der Waals surface area contributed by atoms with Crippen molar-refractivity contribution in [3.63, 3.8) is 0 Å². The van der Waals surface area contributed by atoms with Crippen molar-refractivity contribution in [3.05, 3.63) is 70.8 Å². The van der Waals surface area contributed by atoms with Crippen LogP contribution < -0.4 is 20.7 Å². The Bertz CT molecular complexity index is 2280. The highest BCUT2D eigenvalue weighted by Gasteiger charge is 2.28. The summed E-state index contributed by atoms with van der Waals surface area (Å²) in [6.45, 7) is 21.0. The van der Waals surface area contributed by atoms with Crippen LogP contribution in [0.3, 0.4) is 0 Å². The van der Waals surface area contributed by atoms with Gasteiger partial charge in [-0.05, 0) is 131 Å². The molecule has 2 aliphatic heterocycles. The van der Waals surface area contributed by atoms with Gasteiger partial charge >= 0.3 is 24.4 Å². The van der Waals surface area contributed by atoms with E-state index in [4.69, 9.17) is 23.7 Å². The van der Waals surface area contributed by atoms with Crippen LogP contribution in [-0.4, -0.2) is 108 Å². The third kappa shape index (κ3) is 16.2. The Morgan fingerprint density at radius 2 is 1.05 bits per heavy atom. The summed E-state index contributed by atoms with van der Waals surface area (Å²) in [7, 11) is 1.45. The second-order valence-electron chi connectivity index (χ2n) is 19.1. The smallest absolute Gasteiger partial charge is 0.437 e. The third-order valence-electron chi connectivity index (χ3n) is 8.88. The van der Waals surface area contributed by atoms with Crippen LogP contribution in [0.25, 0.3) is 11.1 Å². The average Bonchev–Trinajstić information content (AvgIpc) is 3.15. The van der Waals surface area contributed by atoms with Gasteiger partial charge in [0.25, 0.3) is 5.91 Å². The predicted octanol–water partition coefficient (Wildman–Crippen LogP) is 9.04. The topological polar surface area (TPSA) is 199 Å². The van der Waals surface area contributed by atoms with E-state index >= 15 is 8.78 Å². The maximum atomic E-state index is 15.7. The van der Waals surface area contributed by atoms with Crippen molar-refractivity contribution >= 4 is 59.0 Å². The lowest BCUT2D eigenvalue weighted by atomic mass is 9.97. The van der Waals surface area contributed by atoms with Gasteiger partial charge in [-0.15, -0.1) is 9.98 Å². The number of methoxy groups -OCH3 is 1. The minimum Gasteiger partial charge on any atom is -0.496 e. The molecule has 4 rings (SSSR count). The van der Waals surface area contributed by atoms with E-state index in [1.54, 1.807) is 117 Å². The van der Waals surface area contributed by atoms with E-state index in [-0.39, 0.29) is 49.2 Å². The molecule has 2 aliphatic rings. The number of alkyl carbamates (subject to hydrolysis) is 2. The fourth-order valence-electron chi connectivity index (χ4n) is 6.30. The summed E-state index contributed by atoms with van der Waals surface area (Å²) >= 11 is 0. The molecular weight excluding hydrogens is 849 g/mol. The van der Waals surface area contributed by atoms with E-state index in [1.807, 2.05) is 6.08 Å². The fourth-order valence-corrected chi connectivity index (χ4v) is 6.30. The SMILES string of the molecule is COc1cc(NC(=O)c2cc(F)c(C3=CCN(C(=NC(=O)OC(C)(C)C)NC(=O)OC(C)(C)C)CC3)cc2F)ccc1C1=CCN(C(=NC(=O)OC(C)(C)C)NC(=O)OC(C)(C)C)CC1. The lowest BCUT2D eigenvalue weighted by Crippen LogP contribution is -2.48. The van der Waals surface area contributed by atoms with Gasteiger partial charge < -0.3 is 38.8 Å². The van der Waals surface area contributed by atoms with E-state index in [0.717, 1.165) is 17.7 Å². The zero-order valence-corrected chi connectivity index (χ0v) is 39.4. The lowest BCUT2D eigenvalue weighted by molar-refractivity contribution is 0.0536. The molecule has 0 spiro atoms. The van der Waals surface area contributed by atoms with Gasteiger partial charge in [0.15, 0.2) is 0 Å². The number of nitrogens with one attached hydrogen (secondary N) is 3. The van der Waals surface area contributed by atoms with Gasteiger partial charge in [-0.25, -0.2) is 28.0 Å². The Balaban J connectivity index is 1.48. The van der Waals surface area contributed by atoms with Gasteiger partial charge in [-0.2, -0.15) is 0 Å². The molecule has 0 bridgehead atoms. The first-order chi connectivity index (χ1) is 30.0. The highest BCUT2D eigenvalue weighted by atomic mass is 19.1. The van der Waals surface area contributed by atoms with Crippen LogP contribution >= 0.6 is 0 Å². The summed E-state index contributed by atoms with van der Waals surface area (Å²) in [6.07, 6.45) is 0.591. The van der Waals surface area contributed by atoms with Crippen molar-refractivity contribution in [1.82, 2.24) is 20.4 Å². The number of amides is 5. The standard InChI is InChI=1S/C46H61F2N7O10/c1-43(2,3)62-39(57)50-37(51-40(58)63-44(4,5)6)54-20-16-27(17-21-54)30-15-14-29(24-35(30)61-13)49-36(56)32-26-33(47)31(25-34(32)48)28-18-22-55(23-19-28)38(52-41(59)64-45(7,8)9)53-42(60)65-46(10,11)12/h14-16,18,24-26H,17,19-23H2,1-13H3,(H,49,56)(H,50,51,57,58)(H,52,53,59,60). The summed E-state index contributed by atoms with van der Waals surface area (Å²) in [5, 5.41) is 7.67. The van der Waals surface area contributed by atoms with Crippen LogP contribution in [0, 0.1) is 11.6 Å². The Labute approximate surface area is 378 Å². The number of carbonyl (C=O) groups is 5. The molecule has 0 atom stereocenters. The Hall–Kier alpha value is -6.53. The van der Waals surface area contributed by atoms with Crippen LogP contribution in [0.4, 0.5) is 33.6 Å². The highest BCUT2D eigenvalue weighted by Crippen LogP contribution is 2.34. The van der Waals surface area contributed by atoms with E-state index in [2.05, 4.69) is 25.9 Å². The van der Waals surface area contributed by atoms with Crippen molar-refractivity contribution in [2.45, 2.75) is 118 Å². The van der Waals surface area contributed by atoms with Crippen molar-refractivity contribution < 1.29 is 56.4 Å².